The normalized spacial score (nSPS) is 30.4. The third-order valence-corrected chi connectivity index (χ3v) is 4.21. The van der Waals surface area contributed by atoms with Gasteiger partial charge in [0.05, 0.1) is 6.61 Å². The maximum absolute atomic E-state index is 5.40. The molecular weight excluding hydrogens is 212 g/mol. The van der Waals surface area contributed by atoms with Crippen molar-refractivity contribution in [3.63, 3.8) is 0 Å². The number of hydrogen-bond donors (Lipinski definition) is 1. The molecule has 3 heteroatoms. The van der Waals surface area contributed by atoms with Gasteiger partial charge in [-0.1, -0.05) is 13.8 Å². The van der Waals surface area contributed by atoms with Crippen molar-refractivity contribution in [3.8, 4) is 0 Å². The van der Waals surface area contributed by atoms with Crippen LogP contribution >= 0.6 is 0 Å². The van der Waals surface area contributed by atoms with Gasteiger partial charge in [0.25, 0.3) is 0 Å². The van der Waals surface area contributed by atoms with Crippen molar-refractivity contribution < 1.29 is 4.74 Å². The summed E-state index contributed by atoms with van der Waals surface area (Å²) < 4.78 is 5.40. The van der Waals surface area contributed by atoms with Crippen LogP contribution in [0.4, 0.5) is 0 Å². The molecule has 0 radical (unpaired) electrons. The lowest BCUT2D eigenvalue weighted by Crippen LogP contribution is -2.49. The lowest BCUT2D eigenvalue weighted by atomic mass is 10.1. The Kier molecular flexibility index (Phi) is 4.83. The number of fused-ring (bicyclic) bond motifs is 2. The first-order valence-electron chi connectivity index (χ1n) is 7.16. The van der Waals surface area contributed by atoms with E-state index in [4.69, 9.17) is 4.74 Å². The monoisotopic (exact) mass is 240 g/mol. The lowest BCUT2D eigenvalue weighted by molar-refractivity contribution is 0.0685. The summed E-state index contributed by atoms with van der Waals surface area (Å²) in [5.41, 5.74) is 0. The largest absolute Gasteiger partial charge is 0.383 e. The molecule has 2 rings (SSSR count). The van der Waals surface area contributed by atoms with E-state index < -0.39 is 0 Å². The van der Waals surface area contributed by atoms with Crippen molar-refractivity contribution in [1.29, 1.82) is 0 Å². The van der Waals surface area contributed by atoms with E-state index in [-0.39, 0.29) is 0 Å². The molecule has 100 valence electrons. The van der Waals surface area contributed by atoms with Gasteiger partial charge in [0.2, 0.25) is 0 Å². The van der Waals surface area contributed by atoms with Gasteiger partial charge in [-0.25, -0.2) is 0 Å². The number of likely N-dealkylation sites (tertiary alicyclic amines) is 1. The summed E-state index contributed by atoms with van der Waals surface area (Å²) in [6.45, 7) is 8.89. The number of hydrogen-bond acceptors (Lipinski definition) is 3. The van der Waals surface area contributed by atoms with Gasteiger partial charge >= 0.3 is 0 Å². The summed E-state index contributed by atoms with van der Waals surface area (Å²) >= 11 is 0. The van der Waals surface area contributed by atoms with Crippen molar-refractivity contribution in [2.45, 2.75) is 45.2 Å². The summed E-state index contributed by atoms with van der Waals surface area (Å²) in [5, 5.41) is 3.58. The second-order valence-electron chi connectivity index (χ2n) is 6.19. The van der Waals surface area contributed by atoms with Crippen LogP contribution in [0.25, 0.3) is 0 Å². The molecule has 2 fully saturated rings. The molecule has 0 spiro atoms. The number of nitrogens with zero attached hydrogens (tertiary/aromatic N) is 1. The molecule has 3 atom stereocenters. The highest BCUT2D eigenvalue weighted by Crippen LogP contribution is 2.38. The van der Waals surface area contributed by atoms with E-state index in [1.165, 1.54) is 25.8 Å². The van der Waals surface area contributed by atoms with Gasteiger partial charge in [-0.05, 0) is 37.6 Å². The zero-order valence-electron chi connectivity index (χ0n) is 11.6. The zero-order valence-corrected chi connectivity index (χ0v) is 11.6. The van der Waals surface area contributed by atoms with Crippen molar-refractivity contribution in [2.24, 2.45) is 11.8 Å². The Hall–Kier alpha value is -0.120. The molecule has 1 N–H and O–H groups in total. The summed E-state index contributed by atoms with van der Waals surface area (Å²) in [7, 11) is 1.82. The fourth-order valence-corrected chi connectivity index (χ4v) is 3.41. The number of methoxy groups -OCH3 is 1. The second kappa shape index (κ2) is 6.17. The lowest BCUT2D eigenvalue weighted by Gasteiger charge is -2.35. The van der Waals surface area contributed by atoms with E-state index in [0.717, 1.165) is 37.6 Å². The van der Waals surface area contributed by atoms with Gasteiger partial charge in [0.1, 0.15) is 0 Å². The summed E-state index contributed by atoms with van der Waals surface area (Å²) in [6.07, 6.45) is 4.31. The highest BCUT2D eigenvalue weighted by Gasteiger charge is 2.40. The first kappa shape index (κ1) is 13.3. The van der Waals surface area contributed by atoms with Gasteiger partial charge in [0, 0.05) is 32.3 Å². The molecule has 0 aromatic rings. The molecular formula is C14H28N2O. The minimum Gasteiger partial charge on any atom is -0.383 e. The van der Waals surface area contributed by atoms with E-state index >= 15 is 0 Å². The van der Waals surface area contributed by atoms with E-state index in [0.29, 0.717) is 6.04 Å². The molecule has 0 aromatic heterocycles. The minimum atomic E-state index is 0.578. The maximum Gasteiger partial charge on any atom is 0.0630 e. The van der Waals surface area contributed by atoms with E-state index in [9.17, 15) is 0 Å². The van der Waals surface area contributed by atoms with E-state index in [1.54, 1.807) is 0 Å². The van der Waals surface area contributed by atoms with Crippen LogP contribution in [0.2, 0.25) is 0 Å². The zero-order chi connectivity index (χ0) is 12.3. The first-order chi connectivity index (χ1) is 8.20. The van der Waals surface area contributed by atoms with Gasteiger partial charge < -0.3 is 10.1 Å². The van der Waals surface area contributed by atoms with Gasteiger partial charge in [-0.15, -0.1) is 0 Å². The quantitative estimate of drug-likeness (QED) is 0.733. The van der Waals surface area contributed by atoms with Crippen LogP contribution in [-0.2, 0) is 4.74 Å². The summed E-state index contributed by atoms with van der Waals surface area (Å²) in [6, 6.07) is 1.43. The third kappa shape index (κ3) is 3.43. The van der Waals surface area contributed by atoms with Crippen molar-refractivity contribution in [2.75, 3.05) is 33.4 Å². The fraction of sp³-hybridized carbons (Fsp3) is 1.00. The van der Waals surface area contributed by atoms with Crippen molar-refractivity contribution >= 4 is 0 Å². The molecule has 3 nitrogen and oxygen atoms in total. The minimum absolute atomic E-state index is 0.578. The summed E-state index contributed by atoms with van der Waals surface area (Å²) in [4.78, 5) is 2.70. The van der Waals surface area contributed by atoms with Crippen LogP contribution in [0.15, 0.2) is 0 Å². The molecule has 0 amide bonds. The average molecular weight is 240 g/mol. The third-order valence-electron chi connectivity index (χ3n) is 4.21. The summed E-state index contributed by atoms with van der Waals surface area (Å²) in [5.74, 6) is 1.71. The van der Waals surface area contributed by atoms with Crippen molar-refractivity contribution in [1.82, 2.24) is 10.2 Å². The highest BCUT2D eigenvalue weighted by atomic mass is 16.5. The van der Waals surface area contributed by atoms with Crippen LogP contribution in [0, 0.1) is 11.8 Å². The standard InChI is InChI=1S/C14H28N2O/c1-11(2)7-15-8-14(10-17-3)16-9-12-4-5-13(16)6-12/h11-15H,4-10H2,1-3H3. The maximum atomic E-state index is 5.40. The average Bonchev–Trinajstić information content (AvgIpc) is 2.89. The van der Waals surface area contributed by atoms with Crippen LogP contribution in [0.5, 0.6) is 0 Å². The van der Waals surface area contributed by atoms with Crippen LogP contribution in [-0.4, -0.2) is 50.3 Å². The fourth-order valence-electron chi connectivity index (χ4n) is 3.41. The Morgan fingerprint density at radius 2 is 2.12 bits per heavy atom. The smallest absolute Gasteiger partial charge is 0.0630 e. The van der Waals surface area contributed by atoms with Crippen LogP contribution in [0.3, 0.4) is 0 Å². The second-order valence-corrected chi connectivity index (χ2v) is 6.19. The predicted octanol–water partition coefficient (Wildman–Crippen LogP) is 1.73. The molecule has 1 saturated carbocycles. The Morgan fingerprint density at radius 1 is 1.29 bits per heavy atom. The van der Waals surface area contributed by atoms with Gasteiger partial charge in [-0.2, -0.15) is 0 Å². The number of rotatable bonds is 7. The Bertz CT molecular complexity index is 232. The molecule has 2 bridgehead atoms. The van der Waals surface area contributed by atoms with E-state index in [2.05, 4.69) is 24.1 Å². The number of ether oxygens (including phenoxy) is 1. The van der Waals surface area contributed by atoms with Gasteiger partial charge in [-0.3, -0.25) is 4.90 Å². The first-order valence-corrected chi connectivity index (χ1v) is 7.16. The molecule has 1 heterocycles. The Morgan fingerprint density at radius 3 is 2.65 bits per heavy atom. The topological polar surface area (TPSA) is 24.5 Å². The Labute approximate surface area is 106 Å². The van der Waals surface area contributed by atoms with Crippen molar-refractivity contribution in [3.05, 3.63) is 0 Å². The van der Waals surface area contributed by atoms with E-state index in [1.807, 2.05) is 7.11 Å². The molecule has 2 aliphatic rings. The predicted molar refractivity (Wildman–Crippen MR) is 71.2 cm³/mol. The molecule has 0 aromatic carbocycles. The molecule has 1 saturated heterocycles. The SMILES string of the molecule is COCC(CNCC(C)C)N1CC2CCC1C2. The van der Waals surface area contributed by atoms with Crippen LogP contribution in [0.1, 0.15) is 33.1 Å². The highest BCUT2D eigenvalue weighted by molar-refractivity contribution is 4.95. The van der Waals surface area contributed by atoms with Crippen LogP contribution < -0.4 is 5.32 Å². The molecule has 3 unspecified atom stereocenters. The number of piperidine rings is 1. The molecule has 1 aliphatic heterocycles. The molecule has 17 heavy (non-hydrogen) atoms. The number of nitrogens with one attached hydrogen (secondary N) is 1. The molecule has 1 aliphatic carbocycles. The Balaban J connectivity index is 1.80. The van der Waals surface area contributed by atoms with Gasteiger partial charge in [0.15, 0.2) is 0 Å².